The van der Waals surface area contributed by atoms with Crippen LogP contribution >= 0.6 is 22.7 Å². The topological polar surface area (TPSA) is 132 Å². The summed E-state index contributed by atoms with van der Waals surface area (Å²) >= 11 is 2.66. The first-order valence-corrected chi connectivity index (χ1v) is 8.73. The maximum Gasteiger partial charge on any atom is 0.358 e. The van der Waals surface area contributed by atoms with Gasteiger partial charge in [-0.1, -0.05) is 0 Å². The van der Waals surface area contributed by atoms with Gasteiger partial charge in [0.05, 0.1) is 17.0 Å². The summed E-state index contributed by atoms with van der Waals surface area (Å²) in [6.07, 6.45) is 0.193. The van der Waals surface area contributed by atoms with Crippen LogP contribution in [-0.2, 0) is 11.2 Å². The van der Waals surface area contributed by atoms with Gasteiger partial charge in [-0.2, -0.15) is 11.3 Å². The lowest BCUT2D eigenvalue weighted by atomic mass is 10.2. The van der Waals surface area contributed by atoms with Crippen molar-refractivity contribution in [2.24, 2.45) is 0 Å². The fourth-order valence-electron chi connectivity index (χ4n) is 2.09. The number of amides is 1. The van der Waals surface area contributed by atoms with Crippen molar-refractivity contribution in [3.8, 4) is 16.5 Å². The molecule has 3 heterocycles. The van der Waals surface area contributed by atoms with E-state index in [0.717, 1.165) is 5.56 Å². The van der Waals surface area contributed by atoms with Crippen molar-refractivity contribution in [1.82, 2.24) is 9.97 Å². The summed E-state index contributed by atoms with van der Waals surface area (Å²) in [6.45, 7) is 0. The highest BCUT2D eigenvalue weighted by Gasteiger charge is 2.20. The highest BCUT2D eigenvalue weighted by Crippen LogP contribution is 2.31. The van der Waals surface area contributed by atoms with Gasteiger partial charge in [0.15, 0.2) is 11.5 Å². The third kappa shape index (κ3) is 3.59. The molecule has 0 radical (unpaired) electrons. The Hall–Kier alpha value is -2.98. The summed E-state index contributed by atoms with van der Waals surface area (Å²) in [5, 5.41) is 26.6. The SMILES string of the molecule is O=C(Cc1ccsc1)Nc1ccsc1-c1nc(C(=O)O)c(O)c(=O)[nH]1. The predicted octanol–water partition coefficient (Wildman–Crippen LogP) is 2.14. The minimum absolute atomic E-state index is 0.0407. The van der Waals surface area contributed by atoms with E-state index >= 15 is 0 Å². The zero-order valence-corrected chi connectivity index (χ0v) is 14.1. The lowest BCUT2D eigenvalue weighted by Gasteiger charge is -2.07. The fraction of sp³-hybridized carbons (Fsp3) is 0.0667. The number of aromatic amines is 1. The third-order valence-corrected chi connectivity index (χ3v) is 4.85. The Morgan fingerprint density at radius 1 is 1.28 bits per heavy atom. The number of nitrogens with one attached hydrogen (secondary N) is 2. The number of hydrogen-bond acceptors (Lipinski definition) is 7. The van der Waals surface area contributed by atoms with Crippen LogP contribution in [0.15, 0.2) is 33.1 Å². The summed E-state index contributed by atoms with van der Waals surface area (Å²) in [4.78, 5) is 41.4. The Morgan fingerprint density at radius 3 is 2.76 bits per heavy atom. The number of carboxylic acids is 1. The van der Waals surface area contributed by atoms with E-state index in [1.165, 1.54) is 22.7 Å². The normalized spacial score (nSPS) is 10.6. The van der Waals surface area contributed by atoms with Gasteiger partial charge < -0.3 is 20.5 Å². The van der Waals surface area contributed by atoms with Crippen LogP contribution in [0.25, 0.3) is 10.7 Å². The quantitative estimate of drug-likeness (QED) is 0.538. The number of hydrogen-bond donors (Lipinski definition) is 4. The number of anilines is 1. The molecule has 0 saturated carbocycles. The van der Waals surface area contributed by atoms with E-state index in [-0.39, 0.29) is 18.2 Å². The molecule has 3 aromatic heterocycles. The van der Waals surface area contributed by atoms with Crippen LogP contribution in [0.3, 0.4) is 0 Å². The molecule has 0 spiro atoms. The van der Waals surface area contributed by atoms with Crippen molar-refractivity contribution in [3.05, 3.63) is 49.9 Å². The summed E-state index contributed by atoms with van der Waals surface area (Å²) in [5.41, 5.74) is -0.437. The van der Waals surface area contributed by atoms with Crippen LogP contribution in [0.5, 0.6) is 5.75 Å². The summed E-state index contributed by atoms with van der Waals surface area (Å²) in [6, 6.07) is 3.47. The molecule has 0 unspecified atom stereocenters. The highest BCUT2D eigenvalue weighted by molar-refractivity contribution is 7.14. The summed E-state index contributed by atoms with van der Waals surface area (Å²) in [5.74, 6) is -2.78. The second kappa shape index (κ2) is 6.87. The average molecular weight is 377 g/mol. The van der Waals surface area contributed by atoms with E-state index in [2.05, 4.69) is 15.3 Å². The van der Waals surface area contributed by atoms with Crippen LogP contribution < -0.4 is 10.9 Å². The summed E-state index contributed by atoms with van der Waals surface area (Å²) in [7, 11) is 0. The number of carbonyl (C=O) groups is 2. The largest absolute Gasteiger partial charge is 0.501 e. The molecule has 0 aromatic carbocycles. The Morgan fingerprint density at radius 2 is 2.08 bits per heavy atom. The van der Waals surface area contributed by atoms with Gasteiger partial charge in [-0.05, 0) is 33.8 Å². The third-order valence-electron chi connectivity index (χ3n) is 3.20. The van der Waals surface area contributed by atoms with Crippen molar-refractivity contribution < 1.29 is 19.8 Å². The zero-order chi connectivity index (χ0) is 18.0. The Balaban J connectivity index is 1.90. The molecule has 0 aliphatic carbocycles. The van der Waals surface area contributed by atoms with E-state index in [1.807, 2.05) is 16.8 Å². The van der Waals surface area contributed by atoms with Crippen molar-refractivity contribution in [1.29, 1.82) is 0 Å². The monoisotopic (exact) mass is 377 g/mol. The number of thiophene rings is 2. The maximum absolute atomic E-state index is 12.1. The van der Waals surface area contributed by atoms with Crippen LogP contribution in [0.4, 0.5) is 5.69 Å². The first-order valence-electron chi connectivity index (χ1n) is 6.91. The van der Waals surface area contributed by atoms with Crippen molar-refractivity contribution in [2.45, 2.75) is 6.42 Å². The number of carbonyl (C=O) groups excluding carboxylic acids is 1. The number of rotatable bonds is 5. The van der Waals surface area contributed by atoms with E-state index < -0.39 is 23.0 Å². The molecular weight excluding hydrogens is 366 g/mol. The molecule has 0 aliphatic rings. The van der Waals surface area contributed by atoms with Gasteiger partial charge in [0.25, 0.3) is 5.56 Å². The molecule has 3 aromatic rings. The van der Waals surface area contributed by atoms with E-state index in [9.17, 15) is 19.5 Å². The lowest BCUT2D eigenvalue weighted by Crippen LogP contribution is -2.16. The molecule has 0 saturated heterocycles. The molecule has 3 rings (SSSR count). The molecular formula is C15H11N3O5S2. The molecule has 1 amide bonds. The summed E-state index contributed by atoms with van der Waals surface area (Å²) < 4.78 is 0. The molecule has 0 aliphatic heterocycles. The highest BCUT2D eigenvalue weighted by atomic mass is 32.1. The number of aromatic hydroxyl groups is 1. The first-order chi connectivity index (χ1) is 12.0. The van der Waals surface area contributed by atoms with Crippen LogP contribution in [-0.4, -0.2) is 32.1 Å². The van der Waals surface area contributed by atoms with E-state index in [4.69, 9.17) is 5.11 Å². The van der Waals surface area contributed by atoms with Crippen LogP contribution in [0.2, 0.25) is 0 Å². The van der Waals surface area contributed by atoms with Gasteiger partial charge >= 0.3 is 5.97 Å². The number of carboxylic acid groups (broad SMARTS) is 1. The zero-order valence-electron chi connectivity index (χ0n) is 12.5. The number of aromatic carboxylic acids is 1. The van der Waals surface area contributed by atoms with Crippen molar-refractivity contribution in [3.63, 3.8) is 0 Å². The Bertz CT molecular complexity index is 991. The van der Waals surface area contributed by atoms with Crippen molar-refractivity contribution >= 4 is 40.2 Å². The second-order valence-electron chi connectivity index (χ2n) is 4.94. The first kappa shape index (κ1) is 16.9. The van der Waals surface area contributed by atoms with Crippen LogP contribution in [0.1, 0.15) is 16.1 Å². The molecule has 128 valence electrons. The molecule has 4 N–H and O–H groups in total. The van der Waals surface area contributed by atoms with Gasteiger partial charge in [-0.15, -0.1) is 11.3 Å². The minimum atomic E-state index is -1.52. The van der Waals surface area contributed by atoms with Gasteiger partial charge in [0.1, 0.15) is 0 Å². The van der Waals surface area contributed by atoms with Crippen molar-refractivity contribution in [2.75, 3.05) is 5.32 Å². The van der Waals surface area contributed by atoms with E-state index in [1.54, 1.807) is 11.4 Å². The molecule has 8 nitrogen and oxygen atoms in total. The lowest BCUT2D eigenvalue weighted by molar-refractivity contribution is -0.115. The number of H-pyrrole nitrogens is 1. The fourth-order valence-corrected chi connectivity index (χ4v) is 3.55. The Labute approximate surface area is 148 Å². The molecule has 10 heteroatoms. The van der Waals surface area contributed by atoms with Gasteiger partial charge in [-0.3, -0.25) is 9.59 Å². The second-order valence-corrected chi connectivity index (χ2v) is 6.63. The maximum atomic E-state index is 12.1. The molecule has 25 heavy (non-hydrogen) atoms. The minimum Gasteiger partial charge on any atom is -0.501 e. The molecule has 0 atom stereocenters. The number of aromatic nitrogens is 2. The van der Waals surface area contributed by atoms with E-state index in [0.29, 0.717) is 10.6 Å². The Kier molecular flexibility index (Phi) is 4.63. The standard InChI is InChI=1S/C15H11N3O5S2/c19-9(5-7-1-3-24-6-7)16-8-2-4-25-12(8)13-17-10(15(22)23)11(20)14(21)18-13/h1-4,6,20H,5H2,(H,16,19)(H,22,23)(H,17,18,21). The van der Waals surface area contributed by atoms with Gasteiger partial charge in [0, 0.05) is 0 Å². The average Bonchev–Trinajstić information content (AvgIpc) is 3.21. The van der Waals surface area contributed by atoms with Gasteiger partial charge in [-0.25, -0.2) is 9.78 Å². The molecule has 0 bridgehead atoms. The van der Waals surface area contributed by atoms with Crippen LogP contribution in [0, 0.1) is 0 Å². The number of nitrogens with zero attached hydrogens (tertiary/aromatic N) is 1. The molecule has 0 fully saturated rings. The van der Waals surface area contributed by atoms with Gasteiger partial charge in [0.2, 0.25) is 11.7 Å². The smallest absolute Gasteiger partial charge is 0.358 e. The predicted molar refractivity (Wildman–Crippen MR) is 93.4 cm³/mol.